The highest BCUT2D eigenvalue weighted by Crippen LogP contribution is 2.30. The molecular formula is C23H17F3N4O4S. The molecule has 5 rings (SSSR count). The lowest BCUT2D eigenvalue weighted by atomic mass is 10.0. The van der Waals surface area contributed by atoms with Gasteiger partial charge in [-0.3, -0.25) is 4.79 Å². The fraction of sp³-hybridized carbons (Fsp3) is 0.130. The van der Waals surface area contributed by atoms with Crippen molar-refractivity contribution in [1.29, 1.82) is 0 Å². The summed E-state index contributed by atoms with van der Waals surface area (Å²) in [5, 5.41) is 6.45. The summed E-state index contributed by atoms with van der Waals surface area (Å²) in [6.45, 7) is 0. The minimum atomic E-state index is -4.95. The van der Waals surface area contributed by atoms with E-state index >= 15 is 0 Å². The van der Waals surface area contributed by atoms with Crippen LogP contribution in [0.25, 0.3) is 10.9 Å². The Bertz CT molecular complexity index is 1560. The zero-order valence-corrected chi connectivity index (χ0v) is 18.7. The number of benzene rings is 2. The Morgan fingerprint density at radius 1 is 1.06 bits per heavy atom. The Morgan fingerprint density at radius 3 is 2.69 bits per heavy atom. The number of aryl methyl sites for hydroxylation is 1. The Labute approximate surface area is 197 Å². The van der Waals surface area contributed by atoms with E-state index in [1.54, 1.807) is 18.2 Å². The van der Waals surface area contributed by atoms with Crippen LogP contribution in [0.5, 0.6) is 5.75 Å². The second-order valence-corrected chi connectivity index (χ2v) is 9.63. The van der Waals surface area contributed by atoms with Gasteiger partial charge in [0.2, 0.25) is 5.91 Å². The third-order valence-corrected chi connectivity index (χ3v) is 7.09. The summed E-state index contributed by atoms with van der Waals surface area (Å²) in [6, 6.07) is 12.7. The molecule has 180 valence electrons. The maximum atomic E-state index is 13.2. The molecule has 1 aliphatic rings. The van der Waals surface area contributed by atoms with Crippen molar-refractivity contribution in [2.24, 2.45) is 0 Å². The molecule has 0 spiro atoms. The number of fused-ring (bicyclic) bond motifs is 2. The van der Waals surface area contributed by atoms with Crippen molar-refractivity contribution in [1.82, 2.24) is 8.96 Å². The molecule has 8 nitrogen and oxygen atoms in total. The first kappa shape index (κ1) is 22.7. The lowest BCUT2D eigenvalue weighted by Gasteiger charge is -2.18. The van der Waals surface area contributed by atoms with Gasteiger partial charge in [-0.05, 0) is 48.4 Å². The molecule has 1 aliphatic heterocycles. The molecule has 0 radical (unpaired) electrons. The van der Waals surface area contributed by atoms with Crippen molar-refractivity contribution >= 4 is 44.0 Å². The number of hydrogen-bond donors (Lipinski definition) is 2. The van der Waals surface area contributed by atoms with Crippen molar-refractivity contribution < 1.29 is 31.1 Å². The van der Waals surface area contributed by atoms with Gasteiger partial charge in [-0.1, -0.05) is 6.07 Å². The molecule has 4 aromatic rings. The number of hydrogen-bond acceptors (Lipinski definition) is 6. The summed E-state index contributed by atoms with van der Waals surface area (Å²) < 4.78 is 69.0. The van der Waals surface area contributed by atoms with Gasteiger partial charge in [0.15, 0.2) is 0 Å². The van der Waals surface area contributed by atoms with Crippen molar-refractivity contribution in [3.05, 3.63) is 72.6 Å². The van der Waals surface area contributed by atoms with Crippen LogP contribution in [0.1, 0.15) is 12.0 Å². The molecule has 3 heterocycles. The predicted octanol–water partition coefficient (Wildman–Crippen LogP) is 4.80. The summed E-state index contributed by atoms with van der Waals surface area (Å²) in [5.74, 6) is -0.313. The number of rotatable bonds is 5. The third-order valence-electron chi connectivity index (χ3n) is 5.41. The molecule has 0 unspecified atom stereocenters. The van der Waals surface area contributed by atoms with Crippen molar-refractivity contribution in [2.45, 2.75) is 24.1 Å². The van der Waals surface area contributed by atoms with Gasteiger partial charge in [0.05, 0.1) is 10.4 Å². The monoisotopic (exact) mass is 502 g/mol. The van der Waals surface area contributed by atoms with Crippen LogP contribution in [0.4, 0.5) is 30.4 Å². The van der Waals surface area contributed by atoms with Crippen molar-refractivity contribution in [2.75, 3.05) is 10.6 Å². The van der Waals surface area contributed by atoms with E-state index in [1.807, 2.05) is 6.07 Å². The topological polar surface area (TPSA) is 102 Å². The number of carbonyl (C=O) groups is 1. The molecule has 0 atom stereocenters. The summed E-state index contributed by atoms with van der Waals surface area (Å²) in [4.78, 5) is 15.5. The molecule has 0 fully saturated rings. The summed E-state index contributed by atoms with van der Waals surface area (Å²) >= 11 is 0. The normalized spacial score (nSPS) is 13.9. The molecule has 0 aliphatic carbocycles. The number of pyridine rings is 1. The lowest BCUT2D eigenvalue weighted by Crippen LogP contribution is -2.18. The number of anilines is 3. The van der Waals surface area contributed by atoms with Gasteiger partial charge >= 0.3 is 6.36 Å². The van der Waals surface area contributed by atoms with Gasteiger partial charge in [0.25, 0.3) is 10.0 Å². The highest BCUT2D eigenvalue weighted by atomic mass is 32.2. The highest BCUT2D eigenvalue weighted by molar-refractivity contribution is 7.90. The van der Waals surface area contributed by atoms with Gasteiger partial charge < -0.3 is 15.4 Å². The molecular weight excluding hydrogens is 485 g/mol. The molecule has 35 heavy (non-hydrogen) atoms. The van der Waals surface area contributed by atoms with E-state index < -0.39 is 22.1 Å². The average Bonchev–Trinajstić information content (AvgIpc) is 3.22. The smallest absolute Gasteiger partial charge is 0.406 e. The molecule has 0 bridgehead atoms. The molecule has 2 N–H and O–H groups in total. The Hall–Kier alpha value is -4.06. The molecule has 1 amide bonds. The number of aromatic nitrogens is 2. The number of alkyl halides is 3. The number of carbonyl (C=O) groups excluding carboxylic acids is 1. The minimum absolute atomic E-state index is 0.0391. The Morgan fingerprint density at radius 2 is 1.89 bits per heavy atom. The molecule has 0 saturated heterocycles. The van der Waals surface area contributed by atoms with Crippen LogP contribution in [0.15, 0.2) is 71.9 Å². The van der Waals surface area contributed by atoms with Crippen LogP contribution >= 0.6 is 0 Å². The van der Waals surface area contributed by atoms with Crippen LogP contribution in [0, 0.1) is 0 Å². The average molecular weight is 502 g/mol. The fourth-order valence-corrected chi connectivity index (χ4v) is 5.22. The lowest BCUT2D eigenvalue weighted by molar-refractivity contribution is -0.274. The SMILES string of the molecule is O=C1CCc2cc(Nc3cc4c(ccn4S(=O)(=O)c4cccc(OC(F)(F)F)c4)cn3)ccc2N1. The number of ether oxygens (including phenoxy) is 1. The van der Waals surface area contributed by atoms with Gasteiger partial charge in [0, 0.05) is 47.7 Å². The van der Waals surface area contributed by atoms with E-state index in [4.69, 9.17) is 0 Å². The van der Waals surface area contributed by atoms with E-state index in [2.05, 4.69) is 20.4 Å². The summed E-state index contributed by atoms with van der Waals surface area (Å²) in [7, 11) is -4.23. The second kappa shape index (κ2) is 8.31. The second-order valence-electron chi connectivity index (χ2n) is 7.81. The van der Waals surface area contributed by atoms with E-state index in [-0.39, 0.29) is 16.3 Å². The maximum Gasteiger partial charge on any atom is 0.573 e. The van der Waals surface area contributed by atoms with Crippen LogP contribution in [-0.2, 0) is 21.2 Å². The first-order valence-corrected chi connectivity index (χ1v) is 11.8. The third kappa shape index (κ3) is 4.64. The zero-order valence-electron chi connectivity index (χ0n) is 17.8. The molecule has 2 aromatic carbocycles. The minimum Gasteiger partial charge on any atom is -0.406 e. The molecule has 0 saturated carbocycles. The van der Waals surface area contributed by atoms with E-state index in [9.17, 15) is 26.4 Å². The first-order valence-electron chi connectivity index (χ1n) is 10.4. The van der Waals surface area contributed by atoms with E-state index in [0.29, 0.717) is 29.7 Å². The largest absolute Gasteiger partial charge is 0.573 e. The standard InChI is InChI=1S/C23H17F3N4O4S/c24-23(25,26)34-17-2-1-3-18(11-17)35(32,33)30-9-8-15-13-27-21(12-20(15)30)28-16-5-6-19-14(10-16)4-7-22(31)29-19/h1-3,5-6,8-13H,4,7H2,(H,27,28)(H,29,31). The predicted molar refractivity (Wildman–Crippen MR) is 122 cm³/mol. The van der Waals surface area contributed by atoms with Crippen LogP contribution in [0.2, 0.25) is 0 Å². The Kier molecular flexibility index (Phi) is 5.39. The van der Waals surface area contributed by atoms with Crippen LogP contribution in [-0.4, -0.2) is 29.6 Å². The van der Waals surface area contributed by atoms with Gasteiger partial charge in [-0.25, -0.2) is 17.4 Å². The van der Waals surface area contributed by atoms with Gasteiger partial charge in [0.1, 0.15) is 11.6 Å². The van der Waals surface area contributed by atoms with Crippen LogP contribution in [0.3, 0.4) is 0 Å². The number of halogens is 3. The van der Waals surface area contributed by atoms with Crippen molar-refractivity contribution in [3.8, 4) is 5.75 Å². The summed E-state index contributed by atoms with van der Waals surface area (Å²) in [6.07, 6.45) is -1.16. The summed E-state index contributed by atoms with van der Waals surface area (Å²) in [5.41, 5.74) is 2.69. The van der Waals surface area contributed by atoms with Gasteiger partial charge in [-0.15, -0.1) is 13.2 Å². The first-order chi connectivity index (χ1) is 16.6. The molecule has 2 aromatic heterocycles. The quantitative estimate of drug-likeness (QED) is 0.407. The number of nitrogens with zero attached hydrogens (tertiary/aromatic N) is 2. The molecule has 12 heteroatoms. The van der Waals surface area contributed by atoms with E-state index in [1.165, 1.54) is 30.6 Å². The number of amides is 1. The number of nitrogens with one attached hydrogen (secondary N) is 2. The fourth-order valence-electron chi connectivity index (χ4n) is 3.84. The Balaban J connectivity index is 1.47. The van der Waals surface area contributed by atoms with E-state index in [0.717, 1.165) is 27.4 Å². The van der Waals surface area contributed by atoms with Crippen LogP contribution < -0.4 is 15.4 Å². The van der Waals surface area contributed by atoms with Crippen molar-refractivity contribution in [3.63, 3.8) is 0 Å². The van der Waals surface area contributed by atoms with Gasteiger partial charge in [-0.2, -0.15) is 0 Å². The highest BCUT2D eigenvalue weighted by Gasteiger charge is 2.31. The maximum absolute atomic E-state index is 13.2. The zero-order chi connectivity index (χ0) is 24.8.